The van der Waals surface area contributed by atoms with E-state index in [4.69, 9.17) is 0 Å². The van der Waals surface area contributed by atoms with Crippen molar-refractivity contribution in [2.24, 2.45) is 0 Å². The smallest absolute Gasteiger partial charge is 0.178 e. The first-order valence-electron chi connectivity index (χ1n) is 4.80. The van der Waals surface area contributed by atoms with E-state index in [1.54, 1.807) is 0 Å². The summed E-state index contributed by atoms with van der Waals surface area (Å²) in [6.45, 7) is 1.85. The minimum absolute atomic E-state index is 0.178. The molecule has 2 heterocycles. The van der Waals surface area contributed by atoms with Crippen LogP contribution in [0.4, 0.5) is 0 Å². The third-order valence-corrected chi connectivity index (χ3v) is 3.57. The van der Waals surface area contributed by atoms with Crippen molar-refractivity contribution in [2.45, 2.75) is 17.2 Å². The molecule has 0 amide bonds. The lowest BCUT2D eigenvalue weighted by atomic mass is 10.1. The summed E-state index contributed by atoms with van der Waals surface area (Å²) >= 11 is 0. The molecule has 1 fully saturated rings. The Morgan fingerprint density at radius 3 is 2.53 bits per heavy atom. The molecule has 1 aliphatic rings. The van der Waals surface area contributed by atoms with Crippen LogP contribution in [0.3, 0.4) is 0 Å². The van der Waals surface area contributed by atoms with E-state index >= 15 is 0 Å². The van der Waals surface area contributed by atoms with Crippen molar-refractivity contribution < 1.29 is 8.42 Å². The third kappa shape index (κ3) is 2.32. The van der Waals surface area contributed by atoms with Crippen molar-refractivity contribution in [3.05, 3.63) is 18.2 Å². The van der Waals surface area contributed by atoms with Gasteiger partial charge in [0.2, 0.25) is 0 Å². The van der Waals surface area contributed by atoms with Crippen LogP contribution in [0.25, 0.3) is 0 Å². The van der Waals surface area contributed by atoms with E-state index < -0.39 is 9.84 Å². The summed E-state index contributed by atoms with van der Waals surface area (Å²) < 4.78 is 22.3. The molecule has 15 heavy (non-hydrogen) atoms. The first kappa shape index (κ1) is 10.5. The molecule has 1 N–H and O–H groups in total. The maximum absolute atomic E-state index is 11.2. The largest absolute Gasteiger partial charge is 0.316 e. The lowest BCUT2D eigenvalue weighted by Gasteiger charge is -2.06. The fourth-order valence-electron chi connectivity index (χ4n) is 1.60. The molecule has 0 bridgehead atoms. The van der Waals surface area contributed by atoms with Crippen molar-refractivity contribution in [3.63, 3.8) is 0 Å². The number of aromatic nitrogens is 2. The lowest BCUT2D eigenvalue weighted by molar-refractivity contribution is 0.600. The van der Waals surface area contributed by atoms with Gasteiger partial charge in [0.05, 0.1) is 0 Å². The minimum atomic E-state index is -3.18. The Balaban J connectivity index is 2.24. The van der Waals surface area contributed by atoms with Crippen molar-refractivity contribution >= 4 is 9.84 Å². The molecule has 2 rings (SSSR count). The highest BCUT2D eigenvalue weighted by Crippen LogP contribution is 2.18. The maximum atomic E-state index is 11.2. The minimum Gasteiger partial charge on any atom is -0.316 e. The Morgan fingerprint density at radius 2 is 2.07 bits per heavy atom. The zero-order chi connectivity index (χ0) is 10.9. The van der Waals surface area contributed by atoms with Gasteiger partial charge in [0, 0.05) is 31.1 Å². The van der Waals surface area contributed by atoms with Crippen LogP contribution in [0.15, 0.2) is 17.3 Å². The van der Waals surface area contributed by atoms with E-state index in [0.29, 0.717) is 5.92 Å². The van der Waals surface area contributed by atoms with Gasteiger partial charge in [-0.1, -0.05) is 0 Å². The summed E-state index contributed by atoms with van der Waals surface area (Å²) in [5.41, 5.74) is 0. The van der Waals surface area contributed by atoms with Crippen LogP contribution in [0.1, 0.15) is 18.2 Å². The molecule has 82 valence electrons. The molecule has 0 spiro atoms. The topological polar surface area (TPSA) is 72.0 Å². The number of nitrogens with one attached hydrogen (secondary N) is 1. The highest BCUT2D eigenvalue weighted by molar-refractivity contribution is 7.90. The fourth-order valence-corrected chi connectivity index (χ4v) is 2.09. The van der Waals surface area contributed by atoms with Crippen molar-refractivity contribution in [3.8, 4) is 0 Å². The molecule has 1 unspecified atom stereocenters. The SMILES string of the molecule is CS(=O)(=O)c1cnc(C2CCNC2)nc1. The first-order chi connectivity index (χ1) is 7.07. The van der Waals surface area contributed by atoms with Gasteiger partial charge in [0.15, 0.2) is 9.84 Å². The van der Waals surface area contributed by atoms with E-state index in [-0.39, 0.29) is 4.90 Å². The Kier molecular flexibility index (Phi) is 2.70. The Hall–Kier alpha value is -1.01. The molecular weight excluding hydrogens is 214 g/mol. The fraction of sp³-hybridized carbons (Fsp3) is 0.556. The quantitative estimate of drug-likeness (QED) is 0.767. The van der Waals surface area contributed by atoms with E-state index in [2.05, 4.69) is 15.3 Å². The number of sulfone groups is 1. The zero-order valence-corrected chi connectivity index (χ0v) is 9.29. The molecule has 1 atom stereocenters. The molecule has 6 heteroatoms. The first-order valence-corrected chi connectivity index (χ1v) is 6.69. The van der Waals surface area contributed by atoms with Gasteiger partial charge in [-0.2, -0.15) is 0 Å². The second-order valence-electron chi connectivity index (χ2n) is 3.74. The summed E-state index contributed by atoms with van der Waals surface area (Å²) in [5.74, 6) is 1.05. The van der Waals surface area contributed by atoms with Gasteiger partial charge >= 0.3 is 0 Å². The monoisotopic (exact) mass is 227 g/mol. The highest BCUT2D eigenvalue weighted by atomic mass is 32.2. The summed E-state index contributed by atoms with van der Waals surface area (Å²) in [6, 6.07) is 0. The molecule has 1 saturated heterocycles. The Labute approximate surface area is 88.9 Å². The zero-order valence-electron chi connectivity index (χ0n) is 8.47. The highest BCUT2D eigenvalue weighted by Gasteiger charge is 2.19. The number of rotatable bonds is 2. The number of hydrogen-bond donors (Lipinski definition) is 1. The molecule has 1 aromatic heterocycles. The number of nitrogens with zero attached hydrogens (tertiary/aromatic N) is 2. The molecular formula is C9H13N3O2S. The van der Waals surface area contributed by atoms with Crippen LogP contribution in [-0.2, 0) is 9.84 Å². The summed E-state index contributed by atoms with van der Waals surface area (Å²) in [4.78, 5) is 8.37. The second kappa shape index (κ2) is 3.86. The lowest BCUT2D eigenvalue weighted by Crippen LogP contribution is -2.10. The van der Waals surface area contributed by atoms with Gasteiger partial charge in [-0.05, 0) is 13.0 Å². The third-order valence-electron chi connectivity index (χ3n) is 2.50. The van der Waals surface area contributed by atoms with Crippen LogP contribution < -0.4 is 5.32 Å². The van der Waals surface area contributed by atoms with Gasteiger partial charge in [0.1, 0.15) is 10.7 Å². The van der Waals surface area contributed by atoms with Crippen LogP contribution in [0.5, 0.6) is 0 Å². The van der Waals surface area contributed by atoms with E-state index in [9.17, 15) is 8.42 Å². The van der Waals surface area contributed by atoms with Gasteiger partial charge in [-0.25, -0.2) is 18.4 Å². The molecule has 1 aliphatic heterocycles. The normalized spacial score (nSPS) is 21.8. The summed E-state index contributed by atoms with van der Waals surface area (Å²) in [6.07, 6.45) is 4.94. The van der Waals surface area contributed by atoms with Gasteiger partial charge in [-0.15, -0.1) is 0 Å². The van der Waals surface area contributed by atoms with Crippen LogP contribution in [0, 0.1) is 0 Å². The van der Waals surface area contributed by atoms with Crippen LogP contribution in [-0.4, -0.2) is 37.7 Å². The van der Waals surface area contributed by atoms with E-state index in [1.807, 2.05) is 0 Å². The summed E-state index contributed by atoms with van der Waals surface area (Å²) in [5, 5.41) is 3.22. The molecule has 0 aliphatic carbocycles. The molecule has 5 nitrogen and oxygen atoms in total. The predicted octanol–water partition coefficient (Wildman–Crippen LogP) is -0.0430. The Morgan fingerprint density at radius 1 is 1.40 bits per heavy atom. The van der Waals surface area contributed by atoms with Crippen molar-refractivity contribution in [1.29, 1.82) is 0 Å². The van der Waals surface area contributed by atoms with Crippen LogP contribution in [0.2, 0.25) is 0 Å². The number of hydrogen-bond acceptors (Lipinski definition) is 5. The summed E-state index contributed by atoms with van der Waals surface area (Å²) in [7, 11) is -3.18. The van der Waals surface area contributed by atoms with Gasteiger partial charge in [-0.3, -0.25) is 0 Å². The molecule has 1 aromatic rings. The van der Waals surface area contributed by atoms with E-state index in [0.717, 1.165) is 31.6 Å². The molecule has 0 saturated carbocycles. The van der Waals surface area contributed by atoms with Crippen molar-refractivity contribution in [1.82, 2.24) is 15.3 Å². The standard InChI is InChI=1S/C9H13N3O2S/c1-15(13,14)8-5-11-9(12-6-8)7-2-3-10-4-7/h5-7,10H,2-4H2,1H3. The van der Waals surface area contributed by atoms with E-state index in [1.165, 1.54) is 12.4 Å². The van der Waals surface area contributed by atoms with Crippen molar-refractivity contribution in [2.75, 3.05) is 19.3 Å². The van der Waals surface area contributed by atoms with Crippen LogP contribution >= 0.6 is 0 Å². The maximum Gasteiger partial charge on any atom is 0.178 e. The molecule has 0 aromatic carbocycles. The Bertz CT molecular complexity index is 435. The van der Waals surface area contributed by atoms with Gasteiger partial charge < -0.3 is 5.32 Å². The average Bonchev–Trinajstić information content (AvgIpc) is 2.69. The van der Waals surface area contributed by atoms with Gasteiger partial charge in [0.25, 0.3) is 0 Å². The molecule has 0 radical (unpaired) electrons. The second-order valence-corrected chi connectivity index (χ2v) is 5.75. The predicted molar refractivity (Wildman–Crippen MR) is 55.4 cm³/mol. The average molecular weight is 227 g/mol.